The summed E-state index contributed by atoms with van der Waals surface area (Å²) in [5, 5.41) is 5.53. The minimum Gasteiger partial charge on any atom is -0.336 e. The van der Waals surface area contributed by atoms with Crippen molar-refractivity contribution in [3.63, 3.8) is 0 Å². The molecule has 0 aliphatic rings. The Hall–Kier alpha value is -3.15. The van der Waals surface area contributed by atoms with Gasteiger partial charge in [0.25, 0.3) is 0 Å². The molecule has 1 aromatic heterocycles. The van der Waals surface area contributed by atoms with Crippen LogP contribution in [0.3, 0.4) is 0 Å². The van der Waals surface area contributed by atoms with Gasteiger partial charge in [-0.05, 0) is 18.2 Å². The lowest BCUT2D eigenvalue weighted by Gasteiger charge is -2.20. The van der Waals surface area contributed by atoms with E-state index in [9.17, 15) is 9.18 Å². The summed E-state index contributed by atoms with van der Waals surface area (Å²) in [4.78, 5) is 16.6. The molecule has 0 aliphatic heterocycles. The van der Waals surface area contributed by atoms with Gasteiger partial charge in [-0.15, -0.1) is 0 Å². The maximum atomic E-state index is 14.2. The van der Waals surface area contributed by atoms with Crippen molar-refractivity contribution in [2.45, 2.75) is 6.04 Å². The van der Waals surface area contributed by atoms with Crippen LogP contribution in [0.5, 0.6) is 0 Å². The second-order valence-corrected chi connectivity index (χ2v) is 5.32. The average Bonchev–Trinajstić information content (AvgIpc) is 3.00. The molecule has 0 aliphatic carbocycles. The van der Waals surface area contributed by atoms with Crippen LogP contribution in [0.1, 0.15) is 17.4 Å². The number of hydrogen-bond donors (Lipinski definition) is 2. The highest BCUT2D eigenvalue weighted by molar-refractivity contribution is 5.89. The van der Waals surface area contributed by atoms with Gasteiger partial charge in [-0.1, -0.05) is 36.4 Å². The summed E-state index contributed by atoms with van der Waals surface area (Å²) < 4.78 is 16.0. The van der Waals surface area contributed by atoms with E-state index in [0.29, 0.717) is 17.1 Å². The standard InChI is InChI=1S/C18H17FN4O/c1-23-12-11-20-17(23)16(14-9-5-6-10-15(14)19)22-18(24)21-13-7-3-2-4-8-13/h2-12,16H,1H3,(H2,21,22,24). The van der Waals surface area contributed by atoms with Gasteiger partial charge in [0.15, 0.2) is 0 Å². The molecule has 3 aromatic rings. The molecule has 5 nitrogen and oxygen atoms in total. The number of carbonyl (C=O) groups is 1. The summed E-state index contributed by atoms with van der Waals surface area (Å²) in [6.45, 7) is 0. The Kier molecular flexibility index (Phi) is 4.56. The number of urea groups is 1. The van der Waals surface area contributed by atoms with Crippen LogP contribution >= 0.6 is 0 Å². The highest BCUT2D eigenvalue weighted by atomic mass is 19.1. The quantitative estimate of drug-likeness (QED) is 0.772. The number of imidazole rings is 1. The third-order valence-corrected chi connectivity index (χ3v) is 3.64. The molecule has 24 heavy (non-hydrogen) atoms. The van der Waals surface area contributed by atoms with Gasteiger partial charge in [-0.25, -0.2) is 14.2 Å². The number of aromatic nitrogens is 2. The molecule has 0 spiro atoms. The van der Waals surface area contributed by atoms with Crippen molar-refractivity contribution < 1.29 is 9.18 Å². The van der Waals surface area contributed by atoms with Crippen molar-refractivity contribution in [3.05, 3.63) is 84.2 Å². The number of anilines is 1. The first kappa shape index (κ1) is 15.7. The Bertz CT molecular complexity index is 832. The topological polar surface area (TPSA) is 59.0 Å². The van der Waals surface area contributed by atoms with Crippen LogP contribution in [-0.4, -0.2) is 15.6 Å². The normalized spacial score (nSPS) is 11.8. The monoisotopic (exact) mass is 324 g/mol. The van der Waals surface area contributed by atoms with E-state index in [-0.39, 0.29) is 0 Å². The zero-order valence-electron chi connectivity index (χ0n) is 13.1. The van der Waals surface area contributed by atoms with Crippen LogP contribution < -0.4 is 10.6 Å². The average molecular weight is 324 g/mol. The number of benzene rings is 2. The fourth-order valence-electron chi connectivity index (χ4n) is 2.47. The second kappa shape index (κ2) is 6.95. The van der Waals surface area contributed by atoms with Gasteiger partial charge in [0.1, 0.15) is 17.7 Å². The first-order valence-corrected chi connectivity index (χ1v) is 7.49. The fraction of sp³-hybridized carbons (Fsp3) is 0.111. The molecule has 2 amide bonds. The molecule has 0 radical (unpaired) electrons. The van der Waals surface area contributed by atoms with Crippen LogP contribution in [0.2, 0.25) is 0 Å². The lowest BCUT2D eigenvalue weighted by atomic mass is 10.1. The number of amides is 2. The van der Waals surface area contributed by atoms with E-state index in [4.69, 9.17) is 0 Å². The number of carbonyl (C=O) groups excluding carboxylic acids is 1. The lowest BCUT2D eigenvalue weighted by molar-refractivity contribution is 0.249. The van der Waals surface area contributed by atoms with Crippen LogP contribution in [0.15, 0.2) is 67.0 Å². The van der Waals surface area contributed by atoms with Crippen molar-refractivity contribution in [1.29, 1.82) is 0 Å². The maximum Gasteiger partial charge on any atom is 0.320 e. The summed E-state index contributed by atoms with van der Waals surface area (Å²) in [6.07, 6.45) is 3.36. The van der Waals surface area contributed by atoms with E-state index < -0.39 is 17.9 Å². The summed E-state index contributed by atoms with van der Waals surface area (Å²) in [5.41, 5.74) is 1.01. The Morgan fingerprint density at radius 3 is 2.50 bits per heavy atom. The molecule has 3 rings (SSSR count). The number of hydrogen-bond acceptors (Lipinski definition) is 2. The molecular weight excluding hydrogens is 307 g/mol. The van der Waals surface area contributed by atoms with Crippen molar-refractivity contribution in [1.82, 2.24) is 14.9 Å². The molecule has 122 valence electrons. The Morgan fingerprint density at radius 1 is 1.12 bits per heavy atom. The minimum atomic E-state index is -0.699. The van der Waals surface area contributed by atoms with Crippen LogP contribution in [0.4, 0.5) is 14.9 Å². The molecular formula is C18H17FN4O. The molecule has 0 saturated carbocycles. The zero-order valence-corrected chi connectivity index (χ0v) is 13.1. The zero-order chi connectivity index (χ0) is 16.9. The molecule has 1 heterocycles. The van der Waals surface area contributed by atoms with E-state index in [1.807, 2.05) is 18.2 Å². The van der Waals surface area contributed by atoms with Gasteiger partial charge >= 0.3 is 6.03 Å². The van der Waals surface area contributed by atoms with E-state index in [1.54, 1.807) is 54.3 Å². The predicted octanol–water partition coefficient (Wildman–Crippen LogP) is 3.47. The summed E-state index contributed by atoms with van der Waals surface area (Å²) >= 11 is 0. The largest absolute Gasteiger partial charge is 0.336 e. The Morgan fingerprint density at radius 2 is 1.83 bits per heavy atom. The second-order valence-electron chi connectivity index (χ2n) is 5.32. The van der Waals surface area contributed by atoms with Crippen molar-refractivity contribution >= 4 is 11.7 Å². The van der Waals surface area contributed by atoms with Gasteiger partial charge in [0, 0.05) is 30.7 Å². The first-order valence-electron chi connectivity index (χ1n) is 7.49. The molecule has 0 saturated heterocycles. The molecule has 2 N–H and O–H groups in total. The molecule has 0 bridgehead atoms. The van der Waals surface area contributed by atoms with E-state index in [0.717, 1.165) is 0 Å². The maximum absolute atomic E-state index is 14.2. The number of rotatable bonds is 4. The van der Waals surface area contributed by atoms with E-state index in [2.05, 4.69) is 15.6 Å². The Labute approximate surface area is 139 Å². The van der Waals surface area contributed by atoms with Crippen LogP contribution in [0, 0.1) is 5.82 Å². The third-order valence-electron chi connectivity index (χ3n) is 3.64. The molecule has 2 aromatic carbocycles. The predicted molar refractivity (Wildman–Crippen MR) is 90.0 cm³/mol. The van der Waals surface area contributed by atoms with Crippen LogP contribution in [-0.2, 0) is 7.05 Å². The molecule has 6 heteroatoms. The van der Waals surface area contributed by atoms with Gasteiger partial charge in [-0.3, -0.25) is 0 Å². The molecule has 0 fully saturated rings. The van der Waals surface area contributed by atoms with Crippen molar-refractivity contribution in [2.24, 2.45) is 7.05 Å². The smallest absolute Gasteiger partial charge is 0.320 e. The molecule has 1 unspecified atom stereocenters. The fourth-order valence-corrected chi connectivity index (χ4v) is 2.47. The third kappa shape index (κ3) is 3.43. The van der Waals surface area contributed by atoms with Gasteiger partial charge in [0.05, 0.1) is 0 Å². The van der Waals surface area contributed by atoms with Gasteiger partial charge in [0.2, 0.25) is 0 Å². The van der Waals surface area contributed by atoms with Gasteiger partial charge in [-0.2, -0.15) is 0 Å². The number of para-hydroxylation sites is 1. The van der Waals surface area contributed by atoms with Crippen molar-refractivity contribution in [3.8, 4) is 0 Å². The van der Waals surface area contributed by atoms with Crippen LogP contribution in [0.25, 0.3) is 0 Å². The summed E-state index contributed by atoms with van der Waals surface area (Å²) in [5.74, 6) is 0.147. The SMILES string of the molecule is Cn1ccnc1C(NC(=O)Nc1ccccc1)c1ccccc1F. The van der Waals surface area contributed by atoms with Gasteiger partial charge < -0.3 is 15.2 Å². The number of nitrogens with zero attached hydrogens (tertiary/aromatic N) is 2. The van der Waals surface area contributed by atoms with E-state index >= 15 is 0 Å². The highest BCUT2D eigenvalue weighted by Crippen LogP contribution is 2.23. The number of halogens is 1. The highest BCUT2D eigenvalue weighted by Gasteiger charge is 2.23. The Balaban J connectivity index is 1.87. The van der Waals surface area contributed by atoms with Crippen molar-refractivity contribution in [2.75, 3.05) is 5.32 Å². The lowest BCUT2D eigenvalue weighted by Crippen LogP contribution is -2.35. The molecule has 1 atom stereocenters. The summed E-state index contributed by atoms with van der Waals surface area (Å²) in [6, 6.07) is 14.3. The first-order chi connectivity index (χ1) is 11.6. The van der Waals surface area contributed by atoms with E-state index in [1.165, 1.54) is 6.07 Å². The minimum absolute atomic E-state index is 0.356. The number of nitrogens with one attached hydrogen (secondary N) is 2. The summed E-state index contributed by atoms with van der Waals surface area (Å²) in [7, 11) is 1.80. The number of aryl methyl sites for hydroxylation is 1.